The van der Waals surface area contributed by atoms with Crippen molar-refractivity contribution in [2.75, 3.05) is 13.2 Å². The molecule has 0 aliphatic heterocycles. The highest BCUT2D eigenvalue weighted by Crippen LogP contribution is 2.35. The van der Waals surface area contributed by atoms with Crippen molar-refractivity contribution in [3.63, 3.8) is 0 Å². The third kappa shape index (κ3) is 10.0. The standard InChI is InChI=1S/C37H47O6P/c1-8-41-33(38)24-26(2)23-27(3)34(28(4)25-42-36(40)37(5,6)7)43-35(39)31-21-15-16-22-32(31)44(29-17-11-9-12-18-29)30-19-13-10-14-20-30/h9-22,26-28,34H,8,23-25H2,1-7H3/t26-,27-,28+,34+/m1/s1. The number of carbonyl (C=O) groups excluding carboxylic acids is 3. The number of carbonyl (C=O) groups is 3. The van der Waals surface area contributed by atoms with E-state index in [1.54, 1.807) is 6.92 Å². The molecule has 3 rings (SSSR count). The first-order valence-corrected chi connectivity index (χ1v) is 16.8. The third-order valence-corrected chi connectivity index (χ3v) is 9.94. The van der Waals surface area contributed by atoms with Gasteiger partial charge in [0.05, 0.1) is 24.2 Å². The van der Waals surface area contributed by atoms with Gasteiger partial charge in [0.25, 0.3) is 0 Å². The topological polar surface area (TPSA) is 78.9 Å². The number of hydrogen-bond acceptors (Lipinski definition) is 6. The lowest BCUT2D eigenvalue weighted by atomic mass is 9.85. The molecule has 44 heavy (non-hydrogen) atoms. The lowest BCUT2D eigenvalue weighted by Gasteiger charge is -2.32. The molecule has 0 N–H and O–H groups in total. The molecular weight excluding hydrogens is 571 g/mol. The quantitative estimate of drug-likeness (QED) is 0.112. The molecule has 0 aliphatic carbocycles. The van der Waals surface area contributed by atoms with Crippen molar-refractivity contribution in [1.82, 2.24) is 0 Å². The maximum absolute atomic E-state index is 14.1. The summed E-state index contributed by atoms with van der Waals surface area (Å²) in [5.74, 6) is -1.32. The molecule has 0 saturated heterocycles. The number of benzene rings is 3. The van der Waals surface area contributed by atoms with E-state index in [0.717, 1.165) is 15.9 Å². The zero-order chi connectivity index (χ0) is 32.3. The maximum Gasteiger partial charge on any atom is 0.339 e. The van der Waals surface area contributed by atoms with Crippen LogP contribution < -0.4 is 15.9 Å². The van der Waals surface area contributed by atoms with Crippen molar-refractivity contribution in [3.8, 4) is 0 Å². The molecule has 0 bridgehead atoms. The molecule has 7 heteroatoms. The zero-order valence-corrected chi connectivity index (χ0v) is 28.0. The second kappa shape index (κ2) is 16.5. The van der Waals surface area contributed by atoms with Crippen molar-refractivity contribution >= 4 is 41.7 Å². The molecule has 3 aromatic carbocycles. The number of hydrogen-bond donors (Lipinski definition) is 0. The Morgan fingerprint density at radius 2 is 1.30 bits per heavy atom. The molecule has 0 saturated carbocycles. The van der Waals surface area contributed by atoms with Gasteiger partial charge in [0.2, 0.25) is 0 Å². The van der Waals surface area contributed by atoms with Gasteiger partial charge in [-0.1, -0.05) is 99.6 Å². The van der Waals surface area contributed by atoms with E-state index >= 15 is 0 Å². The van der Waals surface area contributed by atoms with Crippen LogP contribution in [0.3, 0.4) is 0 Å². The minimum atomic E-state index is -1.03. The van der Waals surface area contributed by atoms with E-state index in [1.165, 1.54) is 0 Å². The number of esters is 3. The Kier molecular flexibility index (Phi) is 13.1. The minimum absolute atomic E-state index is 0.0193. The second-order valence-corrected chi connectivity index (χ2v) is 14.7. The van der Waals surface area contributed by atoms with Crippen molar-refractivity contribution in [2.24, 2.45) is 23.2 Å². The van der Waals surface area contributed by atoms with Crippen molar-refractivity contribution < 1.29 is 28.6 Å². The zero-order valence-electron chi connectivity index (χ0n) is 27.1. The van der Waals surface area contributed by atoms with E-state index in [1.807, 2.05) is 102 Å². The highest BCUT2D eigenvalue weighted by Gasteiger charge is 2.33. The molecule has 4 atom stereocenters. The normalized spacial score (nSPS) is 14.3. The molecule has 0 fully saturated rings. The first-order valence-electron chi connectivity index (χ1n) is 15.4. The molecule has 3 aromatic rings. The summed E-state index contributed by atoms with van der Waals surface area (Å²) in [5.41, 5.74) is -0.126. The summed E-state index contributed by atoms with van der Waals surface area (Å²) in [5, 5.41) is 3.18. The van der Waals surface area contributed by atoms with Gasteiger partial charge in [0, 0.05) is 12.3 Å². The largest absolute Gasteiger partial charge is 0.466 e. The van der Waals surface area contributed by atoms with E-state index in [0.29, 0.717) is 18.6 Å². The summed E-state index contributed by atoms with van der Waals surface area (Å²) in [7, 11) is -1.03. The molecule has 0 unspecified atom stereocenters. The summed E-state index contributed by atoms with van der Waals surface area (Å²) in [6, 6.07) is 28.1. The van der Waals surface area contributed by atoms with Crippen LogP contribution in [0.2, 0.25) is 0 Å². The van der Waals surface area contributed by atoms with E-state index in [4.69, 9.17) is 14.2 Å². The molecule has 236 valence electrons. The summed E-state index contributed by atoms with van der Waals surface area (Å²) >= 11 is 0. The number of ether oxygens (including phenoxy) is 3. The second-order valence-electron chi connectivity index (χ2n) is 12.5. The van der Waals surface area contributed by atoms with Crippen LogP contribution in [0.5, 0.6) is 0 Å². The minimum Gasteiger partial charge on any atom is -0.466 e. The highest BCUT2D eigenvalue weighted by molar-refractivity contribution is 7.80. The fourth-order valence-corrected chi connectivity index (χ4v) is 7.71. The van der Waals surface area contributed by atoms with Crippen molar-refractivity contribution in [1.29, 1.82) is 0 Å². The van der Waals surface area contributed by atoms with E-state index in [9.17, 15) is 14.4 Å². The first-order chi connectivity index (χ1) is 20.9. The SMILES string of the molecule is CCOC(=O)C[C@H](C)C[C@@H](C)[C@H](OC(=O)c1ccccc1P(c1ccccc1)c1ccccc1)[C@@H](C)COC(=O)C(C)(C)C. The van der Waals surface area contributed by atoms with Crippen molar-refractivity contribution in [2.45, 2.75) is 67.4 Å². The summed E-state index contributed by atoms with van der Waals surface area (Å²) in [4.78, 5) is 38.8. The highest BCUT2D eigenvalue weighted by atomic mass is 31.1. The molecule has 0 aromatic heterocycles. The van der Waals surface area contributed by atoms with Gasteiger partial charge in [-0.2, -0.15) is 0 Å². The summed E-state index contributed by atoms with van der Waals surface area (Å²) < 4.78 is 17.2. The lowest BCUT2D eigenvalue weighted by Crippen LogP contribution is -2.37. The average Bonchev–Trinajstić information content (AvgIpc) is 2.99. The van der Waals surface area contributed by atoms with Gasteiger partial charge in [-0.05, 0) is 75.9 Å². The van der Waals surface area contributed by atoms with Crippen molar-refractivity contribution in [3.05, 3.63) is 90.5 Å². The average molecular weight is 619 g/mol. The molecule has 0 radical (unpaired) electrons. The van der Waals surface area contributed by atoms with Gasteiger partial charge in [0.15, 0.2) is 0 Å². The summed E-state index contributed by atoms with van der Waals surface area (Å²) in [6.45, 7) is 13.6. The monoisotopic (exact) mass is 618 g/mol. The molecule has 0 heterocycles. The van der Waals surface area contributed by atoms with Gasteiger partial charge in [-0.25, -0.2) is 4.79 Å². The van der Waals surface area contributed by atoms with Crippen LogP contribution in [0.15, 0.2) is 84.9 Å². The Labute approximate surface area is 264 Å². The fourth-order valence-electron chi connectivity index (χ4n) is 5.28. The predicted molar refractivity (Wildman–Crippen MR) is 178 cm³/mol. The first kappa shape index (κ1) is 35.0. The van der Waals surface area contributed by atoms with Gasteiger partial charge in [-0.3, -0.25) is 9.59 Å². The van der Waals surface area contributed by atoms with Crippen LogP contribution >= 0.6 is 7.92 Å². The van der Waals surface area contributed by atoms with E-state index in [2.05, 4.69) is 24.3 Å². The maximum atomic E-state index is 14.1. The molecule has 6 nitrogen and oxygen atoms in total. The summed E-state index contributed by atoms with van der Waals surface area (Å²) in [6.07, 6.45) is 0.372. The Bertz CT molecular complexity index is 1310. The van der Waals surface area contributed by atoms with E-state index < -0.39 is 25.4 Å². The smallest absolute Gasteiger partial charge is 0.339 e. The Balaban J connectivity index is 1.93. The molecule has 0 amide bonds. The third-order valence-electron chi connectivity index (χ3n) is 7.44. The number of rotatable bonds is 14. The van der Waals surface area contributed by atoms with Crippen LogP contribution in [0.25, 0.3) is 0 Å². The van der Waals surface area contributed by atoms with Gasteiger partial charge >= 0.3 is 17.9 Å². The van der Waals surface area contributed by atoms with Crippen LogP contribution in [-0.4, -0.2) is 37.2 Å². The van der Waals surface area contributed by atoms with Crippen LogP contribution in [0.1, 0.15) is 71.7 Å². The fraction of sp³-hybridized carbons (Fsp3) is 0.432. The Morgan fingerprint density at radius 1 is 0.750 bits per heavy atom. The predicted octanol–water partition coefficient (Wildman–Crippen LogP) is 6.81. The molecular formula is C37H47O6P. The van der Waals surface area contributed by atoms with Gasteiger partial charge in [-0.15, -0.1) is 0 Å². The van der Waals surface area contributed by atoms with Crippen LogP contribution in [0, 0.1) is 23.2 Å². The van der Waals surface area contributed by atoms with Crippen LogP contribution in [0.4, 0.5) is 0 Å². The Hall–Kier alpha value is -3.50. The van der Waals surface area contributed by atoms with Gasteiger partial charge in [0.1, 0.15) is 6.10 Å². The van der Waals surface area contributed by atoms with Crippen LogP contribution in [-0.2, 0) is 23.8 Å². The van der Waals surface area contributed by atoms with E-state index in [-0.39, 0.29) is 42.7 Å². The van der Waals surface area contributed by atoms with Gasteiger partial charge < -0.3 is 14.2 Å². The Morgan fingerprint density at radius 3 is 1.84 bits per heavy atom. The lowest BCUT2D eigenvalue weighted by molar-refractivity contribution is -0.156. The molecule has 0 aliphatic rings. The molecule has 0 spiro atoms.